The molecule has 3 aromatic rings. The highest BCUT2D eigenvalue weighted by Gasteiger charge is 2.39. The van der Waals surface area contributed by atoms with E-state index in [0.29, 0.717) is 17.3 Å². The van der Waals surface area contributed by atoms with Crippen molar-refractivity contribution in [3.63, 3.8) is 0 Å². The molecule has 0 fully saturated rings. The minimum absolute atomic E-state index is 0.131. The lowest BCUT2D eigenvalue weighted by Crippen LogP contribution is -2.14. The van der Waals surface area contributed by atoms with Gasteiger partial charge in [-0.3, -0.25) is 9.67 Å². The quantitative estimate of drug-likeness (QED) is 0.739. The van der Waals surface area contributed by atoms with Crippen LogP contribution in [0.2, 0.25) is 0 Å². The molecule has 3 rings (SSSR count). The number of aromatic amines is 1. The van der Waals surface area contributed by atoms with Crippen molar-refractivity contribution in [2.45, 2.75) is 24.0 Å². The van der Waals surface area contributed by atoms with Gasteiger partial charge in [-0.05, 0) is 19.1 Å². The molecule has 0 aliphatic rings. The Kier molecular flexibility index (Phi) is 4.07. The van der Waals surface area contributed by atoms with Gasteiger partial charge in [-0.25, -0.2) is 4.98 Å². The van der Waals surface area contributed by atoms with Gasteiger partial charge in [-0.1, -0.05) is 30.0 Å². The van der Waals surface area contributed by atoms with Crippen molar-refractivity contribution in [2.24, 2.45) is 0 Å². The number of benzene rings is 1. The monoisotopic (exact) mass is 340 g/mol. The number of hydrogen-bond donors (Lipinski definition) is 1. The van der Waals surface area contributed by atoms with E-state index < -0.39 is 12.0 Å². The Hall–Kier alpha value is -2.36. The number of thioether (sulfide) groups is 1. The van der Waals surface area contributed by atoms with E-state index in [1.807, 2.05) is 0 Å². The lowest BCUT2D eigenvalue weighted by Gasteiger charge is -2.11. The van der Waals surface area contributed by atoms with Crippen molar-refractivity contribution in [3.05, 3.63) is 47.8 Å². The summed E-state index contributed by atoms with van der Waals surface area (Å²) in [7, 11) is 0. The minimum atomic E-state index is -4.59. The van der Waals surface area contributed by atoms with Crippen molar-refractivity contribution < 1.29 is 13.2 Å². The molecule has 0 bridgehead atoms. The number of nitrogens with zero attached hydrogens (tertiary/aromatic N) is 5. The lowest BCUT2D eigenvalue weighted by molar-refractivity contribution is -0.146. The Morgan fingerprint density at radius 1 is 1.17 bits per heavy atom. The summed E-state index contributed by atoms with van der Waals surface area (Å²) < 4.78 is 40.4. The smallest absolute Gasteiger partial charge is 0.266 e. The number of rotatable bonds is 4. The Labute approximate surface area is 133 Å². The zero-order valence-electron chi connectivity index (χ0n) is 11.9. The Balaban J connectivity index is 1.95. The topological polar surface area (TPSA) is 72.3 Å². The first-order valence-electron chi connectivity index (χ1n) is 6.54. The molecule has 0 spiro atoms. The van der Waals surface area contributed by atoms with Gasteiger partial charge in [0.05, 0.1) is 5.75 Å². The van der Waals surface area contributed by atoms with Crippen molar-refractivity contribution in [1.82, 2.24) is 29.9 Å². The number of halogens is 3. The third-order valence-electron chi connectivity index (χ3n) is 2.88. The van der Waals surface area contributed by atoms with E-state index in [0.717, 1.165) is 16.3 Å². The van der Waals surface area contributed by atoms with Crippen LogP contribution in [0.3, 0.4) is 0 Å². The van der Waals surface area contributed by atoms with Gasteiger partial charge in [0.15, 0.2) is 11.0 Å². The van der Waals surface area contributed by atoms with Crippen molar-refractivity contribution in [1.29, 1.82) is 0 Å². The summed E-state index contributed by atoms with van der Waals surface area (Å²) in [5.41, 5.74) is 0.346. The number of para-hydroxylation sites is 1. The van der Waals surface area contributed by atoms with E-state index in [1.165, 1.54) is 0 Å². The number of aromatic nitrogens is 6. The predicted molar refractivity (Wildman–Crippen MR) is 77.0 cm³/mol. The third kappa shape index (κ3) is 3.36. The van der Waals surface area contributed by atoms with Crippen molar-refractivity contribution in [2.75, 3.05) is 0 Å². The van der Waals surface area contributed by atoms with Crippen LogP contribution in [-0.4, -0.2) is 29.9 Å². The number of H-pyrrole nitrogens is 1. The summed E-state index contributed by atoms with van der Waals surface area (Å²) in [6.07, 6.45) is -4.59. The van der Waals surface area contributed by atoms with Gasteiger partial charge < -0.3 is 0 Å². The molecule has 0 amide bonds. The molecule has 0 aliphatic heterocycles. The fraction of sp³-hybridized carbons (Fsp3) is 0.231. The van der Waals surface area contributed by atoms with Gasteiger partial charge in [0.1, 0.15) is 5.82 Å². The molecule has 0 unspecified atom stereocenters. The van der Waals surface area contributed by atoms with Crippen LogP contribution in [-0.2, 0) is 11.9 Å². The van der Waals surface area contributed by atoms with Gasteiger partial charge in [-0.15, -0.1) is 10.2 Å². The second-order valence-corrected chi connectivity index (χ2v) is 5.54. The van der Waals surface area contributed by atoms with E-state index in [-0.39, 0.29) is 10.9 Å². The molecule has 0 aliphatic carbocycles. The number of hydrogen-bond acceptors (Lipinski definition) is 5. The van der Waals surface area contributed by atoms with Crippen LogP contribution >= 0.6 is 11.8 Å². The number of alkyl halides is 3. The first-order chi connectivity index (χ1) is 10.9. The first kappa shape index (κ1) is 15.5. The summed E-state index contributed by atoms with van der Waals surface area (Å²) >= 11 is 1.09. The lowest BCUT2D eigenvalue weighted by atomic mass is 10.3. The van der Waals surface area contributed by atoms with Gasteiger partial charge in [-0.2, -0.15) is 18.3 Å². The van der Waals surface area contributed by atoms with E-state index >= 15 is 0 Å². The maximum Gasteiger partial charge on any atom is 0.452 e. The average Bonchev–Trinajstić information content (AvgIpc) is 3.11. The predicted octanol–water partition coefficient (Wildman–Crippen LogP) is 3.00. The molecule has 1 aromatic carbocycles. The molecule has 1 N–H and O–H groups in total. The molecule has 0 radical (unpaired) electrons. The van der Waals surface area contributed by atoms with E-state index in [4.69, 9.17) is 0 Å². The second kappa shape index (κ2) is 6.03. The van der Waals surface area contributed by atoms with Gasteiger partial charge >= 0.3 is 6.18 Å². The molecule has 2 heterocycles. The maximum absolute atomic E-state index is 13.2. The van der Waals surface area contributed by atoms with Crippen LogP contribution in [0.25, 0.3) is 5.69 Å². The summed E-state index contributed by atoms with van der Waals surface area (Å²) in [5, 5.41) is 13.7. The molecule has 10 heteroatoms. The molecule has 6 nitrogen and oxygen atoms in total. The summed E-state index contributed by atoms with van der Waals surface area (Å²) in [6, 6.07) is 8.18. The summed E-state index contributed by atoms with van der Waals surface area (Å²) in [5.74, 6) is 0.356. The second-order valence-electron chi connectivity index (χ2n) is 4.60. The minimum Gasteiger partial charge on any atom is -0.266 e. The molecule has 0 atom stereocenters. The highest BCUT2D eigenvalue weighted by molar-refractivity contribution is 7.98. The van der Waals surface area contributed by atoms with Crippen molar-refractivity contribution >= 4 is 11.8 Å². The fourth-order valence-corrected chi connectivity index (χ4v) is 2.75. The summed E-state index contributed by atoms with van der Waals surface area (Å²) in [6.45, 7) is 1.75. The van der Waals surface area contributed by atoms with E-state index in [1.54, 1.807) is 37.3 Å². The van der Waals surface area contributed by atoms with Crippen LogP contribution in [0.5, 0.6) is 0 Å². The van der Waals surface area contributed by atoms with E-state index in [2.05, 4.69) is 25.4 Å². The maximum atomic E-state index is 13.2. The highest BCUT2D eigenvalue weighted by Crippen LogP contribution is 2.33. The van der Waals surface area contributed by atoms with E-state index in [9.17, 15) is 13.2 Å². The Bertz CT molecular complexity index is 796. The highest BCUT2D eigenvalue weighted by atomic mass is 32.2. The molecular weight excluding hydrogens is 329 g/mol. The first-order valence-corrected chi connectivity index (χ1v) is 7.52. The van der Waals surface area contributed by atoms with Crippen LogP contribution in [0.1, 0.15) is 17.5 Å². The third-order valence-corrected chi connectivity index (χ3v) is 3.80. The SMILES string of the molecule is Cc1nc(CSc2nnc(C(F)(F)F)n2-c2ccccc2)n[nH]1. The molecular formula is C13H11F3N6S. The molecule has 2 aromatic heterocycles. The molecule has 120 valence electrons. The van der Waals surface area contributed by atoms with Gasteiger partial charge in [0.2, 0.25) is 5.82 Å². The molecule has 0 saturated heterocycles. The number of aryl methyl sites for hydroxylation is 1. The van der Waals surface area contributed by atoms with Crippen LogP contribution < -0.4 is 0 Å². The number of nitrogens with one attached hydrogen (secondary N) is 1. The zero-order valence-corrected chi connectivity index (χ0v) is 12.7. The van der Waals surface area contributed by atoms with Crippen molar-refractivity contribution in [3.8, 4) is 5.69 Å². The fourth-order valence-electron chi connectivity index (χ4n) is 1.94. The molecule has 0 saturated carbocycles. The summed E-state index contributed by atoms with van der Waals surface area (Å²) in [4.78, 5) is 4.12. The van der Waals surface area contributed by atoms with Crippen LogP contribution in [0.15, 0.2) is 35.5 Å². The largest absolute Gasteiger partial charge is 0.452 e. The normalized spacial score (nSPS) is 11.8. The molecule has 23 heavy (non-hydrogen) atoms. The van der Waals surface area contributed by atoms with Crippen LogP contribution in [0.4, 0.5) is 13.2 Å². The zero-order chi connectivity index (χ0) is 16.4. The Morgan fingerprint density at radius 3 is 2.52 bits per heavy atom. The average molecular weight is 340 g/mol. The standard InChI is InChI=1S/C13H11F3N6S/c1-8-17-10(19-18-8)7-23-12-21-20-11(13(14,15)16)22(12)9-5-3-2-4-6-9/h2-6H,7H2,1H3,(H,17,18,19). The van der Waals surface area contributed by atoms with Gasteiger partial charge in [0, 0.05) is 5.69 Å². The van der Waals surface area contributed by atoms with Crippen LogP contribution in [0, 0.1) is 6.92 Å². The van der Waals surface area contributed by atoms with Gasteiger partial charge in [0.25, 0.3) is 0 Å². The Morgan fingerprint density at radius 2 is 1.91 bits per heavy atom.